The molecule has 2 rings (SSSR count). The van der Waals surface area contributed by atoms with Gasteiger partial charge in [-0.25, -0.2) is 9.78 Å². The first-order chi connectivity index (χ1) is 9.99. The van der Waals surface area contributed by atoms with Gasteiger partial charge < -0.3 is 10.5 Å². The molecule has 0 saturated heterocycles. The molecule has 0 aliphatic rings. The van der Waals surface area contributed by atoms with Gasteiger partial charge in [0.2, 0.25) is 0 Å². The number of aryl methyl sites for hydroxylation is 2. The number of imidazole rings is 1. The zero-order chi connectivity index (χ0) is 15.6. The number of benzene rings is 1. The van der Waals surface area contributed by atoms with Crippen molar-refractivity contribution in [1.82, 2.24) is 9.55 Å². The number of hydrogen-bond donors (Lipinski definition) is 1. The Balaban J connectivity index is 2.63. The van der Waals surface area contributed by atoms with Crippen molar-refractivity contribution in [1.29, 1.82) is 0 Å². The third-order valence-electron chi connectivity index (χ3n) is 3.18. The quantitative estimate of drug-likeness (QED) is 0.881. The normalized spacial score (nSPS) is 10.7. The first kappa shape index (κ1) is 15.4. The molecule has 0 atom stereocenters. The fraction of sp³-hybridized carbons (Fsp3) is 0.333. The minimum Gasteiger partial charge on any atom is -0.461 e. The van der Waals surface area contributed by atoms with E-state index in [-0.39, 0.29) is 18.1 Å². The van der Waals surface area contributed by atoms with Gasteiger partial charge in [-0.1, -0.05) is 24.6 Å². The number of hydrogen-bond acceptors (Lipinski definition) is 4. The maximum atomic E-state index is 11.9. The van der Waals surface area contributed by atoms with Crippen molar-refractivity contribution < 1.29 is 9.53 Å². The van der Waals surface area contributed by atoms with E-state index in [0.29, 0.717) is 17.3 Å². The Kier molecular flexibility index (Phi) is 4.53. The van der Waals surface area contributed by atoms with Crippen molar-refractivity contribution in [2.24, 2.45) is 0 Å². The Bertz CT molecular complexity index is 680. The molecule has 0 unspecified atom stereocenters. The molecule has 0 amide bonds. The van der Waals surface area contributed by atoms with Crippen LogP contribution in [0.4, 0.5) is 5.82 Å². The smallest absolute Gasteiger partial charge is 0.360 e. The summed E-state index contributed by atoms with van der Waals surface area (Å²) in [6.07, 6.45) is 0.634. The van der Waals surface area contributed by atoms with Crippen LogP contribution in [0.5, 0.6) is 0 Å². The summed E-state index contributed by atoms with van der Waals surface area (Å²) in [5.74, 6) is 0.458. The van der Waals surface area contributed by atoms with Gasteiger partial charge in [-0.15, -0.1) is 0 Å². The average Bonchev–Trinajstić information content (AvgIpc) is 2.78. The highest BCUT2D eigenvalue weighted by atomic mass is 35.5. The maximum absolute atomic E-state index is 11.9. The van der Waals surface area contributed by atoms with E-state index in [2.05, 4.69) is 4.98 Å². The van der Waals surface area contributed by atoms with E-state index in [1.165, 1.54) is 0 Å². The van der Waals surface area contributed by atoms with E-state index >= 15 is 0 Å². The second-order valence-corrected chi connectivity index (χ2v) is 5.04. The van der Waals surface area contributed by atoms with Crippen LogP contribution in [0.2, 0.25) is 5.02 Å². The molecule has 2 aromatic rings. The van der Waals surface area contributed by atoms with Gasteiger partial charge in [-0.2, -0.15) is 0 Å². The van der Waals surface area contributed by atoms with Crippen molar-refractivity contribution >= 4 is 23.4 Å². The fourth-order valence-electron chi connectivity index (χ4n) is 2.16. The zero-order valence-corrected chi connectivity index (χ0v) is 13.1. The standard InChI is InChI=1S/C15H18ClN3O2/c1-4-12-18-13(15(20)21-5-2)14(17)19(12)11-8-10(16)7-6-9(11)3/h6-8H,4-5,17H2,1-3H3. The molecule has 1 aromatic heterocycles. The molecular weight excluding hydrogens is 290 g/mol. The number of rotatable bonds is 4. The SMILES string of the molecule is CCOC(=O)c1nc(CC)n(-c2cc(Cl)ccc2C)c1N. The molecule has 5 nitrogen and oxygen atoms in total. The zero-order valence-electron chi connectivity index (χ0n) is 12.3. The highest BCUT2D eigenvalue weighted by molar-refractivity contribution is 6.30. The number of esters is 1. The van der Waals surface area contributed by atoms with E-state index in [9.17, 15) is 4.79 Å². The Morgan fingerprint density at radius 2 is 2.14 bits per heavy atom. The van der Waals surface area contributed by atoms with Crippen LogP contribution in [0, 0.1) is 6.92 Å². The van der Waals surface area contributed by atoms with Gasteiger partial charge in [0, 0.05) is 11.4 Å². The van der Waals surface area contributed by atoms with Crippen LogP contribution in [-0.4, -0.2) is 22.1 Å². The van der Waals surface area contributed by atoms with Gasteiger partial charge in [-0.05, 0) is 31.5 Å². The molecule has 0 aliphatic heterocycles. The summed E-state index contributed by atoms with van der Waals surface area (Å²) in [6, 6.07) is 5.52. The van der Waals surface area contributed by atoms with Crippen molar-refractivity contribution in [2.45, 2.75) is 27.2 Å². The van der Waals surface area contributed by atoms with Gasteiger partial charge in [0.25, 0.3) is 0 Å². The molecule has 0 bridgehead atoms. The van der Waals surface area contributed by atoms with Gasteiger partial charge in [0.05, 0.1) is 12.3 Å². The minimum atomic E-state index is -0.511. The number of nitrogen functional groups attached to an aromatic ring is 1. The van der Waals surface area contributed by atoms with Crippen molar-refractivity contribution in [3.8, 4) is 5.69 Å². The Morgan fingerprint density at radius 1 is 1.43 bits per heavy atom. The highest BCUT2D eigenvalue weighted by Gasteiger charge is 2.22. The monoisotopic (exact) mass is 307 g/mol. The van der Waals surface area contributed by atoms with E-state index in [1.807, 2.05) is 32.0 Å². The minimum absolute atomic E-state index is 0.146. The number of nitrogens with two attached hydrogens (primary N) is 1. The van der Waals surface area contributed by atoms with Gasteiger partial charge in [-0.3, -0.25) is 4.57 Å². The third-order valence-corrected chi connectivity index (χ3v) is 3.41. The van der Waals surface area contributed by atoms with Crippen LogP contribution in [0.15, 0.2) is 18.2 Å². The first-order valence-corrected chi connectivity index (χ1v) is 7.18. The van der Waals surface area contributed by atoms with Crippen molar-refractivity contribution in [3.63, 3.8) is 0 Å². The third kappa shape index (κ3) is 2.88. The number of ether oxygens (including phenoxy) is 1. The second kappa shape index (κ2) is 6.18. The topological polar surface area (TPSA) is 70.1 Å². The highest BCUT2D eigenvalue weighted by Crippen LogP contribution is 2.26. The summed E-state index contributed by atoms with van der Waals surface area (Å²) in [6.45, 7) is 5.93. The Morgan fingerprint density at radius 3 is 2.76 bits per heavy atom. The molecule has 2 N–H and O–H groups in total. The number of nitrogens with zero attached hydrogens (tertiary/aromatic N) is 2. The summed E-state index contributed by atoms with van der Waals surface area (Å²) in [5, 5.41) is 0.600. The van der Waals surface area contributed by atoms with Crippen LogP contribution >= 0.6 is 11.6 Å². The van der Waals surface area contributed by atoms with Crippen LogP contribution in [-0.2, 0) is 11.2 Å². The molecule has 112 valence electrons. The summed E-state index contributed by atoms with van der Waals surface area (Å²) in [5.41, 5.74) is 8.08. The summed E-state index contributed by atoms with van der Waals surface area (Å²) < 4.78 is 6.75. The van der Waals surface area contributed by atoms with Crippen LogP contribution in [0.25, 0.3) is 5.69 Å². The molecule has 1 aromatic carbocycles. The lowest BCUT2D eigenvalue weighted by Crippen LogP contribution is -2.10. The van der Waals surface area contributed by atoms with Gasteiger partial charge >= 0.3 is 5.97 Å². The molecule has 1 heterocycles. The number of halogens is 1. The molecule has 21 heavy (non-hydrogen) atoms. The molecule has 0 saturated carbocycles. The molecule has 0 fully saturated rings. The van der Waals surface area contributed by atoms with E-state index in [1.54, 1.807) is 11.5 Å². The van der Waals surface area contributed by atoms with E-state index in [4.69, 9.17) is 22.1 Å². The van der Waals surface area contributed by atoms with Crippen LogP contribution in [0.3, 0.4) is 0 Å². The van der Waals surface area contributed by atoms with Crippen molar-refractivity contribution in [2.75, 3.05) is 12.3 Å². The Hall–Kier alpha value is -2.01. The largest absolute Gasteiger partial charge is 0.461 e. The molecule has 0 radical (unpaired) electrons. The predicted octanol–water partition coefficient (Wildman–Crippen LogP) is 3.16. The summed E-state index contributed by atoms with van der Waals surface area (Å²) in [7, 11) is 0. The lowest BCUT2D eigenvalue weighted by atomic mass is 10.2. The van der Waals surface area contributed by atoms with E-state index in [0.717, 1.165) is 11.3 Å². The lowest BCUT2D eigenvalue weighted by molar-refractivity contribution is 0.0521. The molecular formula is C15H18ClN3O2. The van der Waals surface area contributed by atoms with Gasteiger partial charge in [0.1, 0.15) is 11.6 Å². The fourth-order valence-corrected chi connectivity index (χ4v) is 2.33. The number of carbonyl (C=O) groups excluding carboxylic acids is 1. The second-order valence-electron chi connectivity index (χ2n) is 4.60. The summed E-state index contributed by atoms with van der Waals surface area (Å²) in [4.78, 5) is 16.2. The van der Waals surface area contributed by atoms with Crippen LogP contribution < -0.4 is 5.73 Å². The summed E-state index contributed by atoms with van der Waals surface area (Å²) >= 11 is 6.07. The lowest BCUT2D eigenvalue weighted by Gasteiger charge is -2.12. The molecule has 0 aliphatic carbocycles. The van der Waals surface area contributed by atoms with Crippen molar-refractivity contribution in [3.05, 3.63) is 40.3 Å². The Labute approximate surface area is 128 Å². The number of carbonyl (C=O) groups is 1. The predicted molar refractivity (Wildman–Crippen MR) is 83.1 cm³/mol. The van der Waals surface area contributed by atoms with Gasteiger partial charge in [0.15, 0.2) is 5.69 Å². The maximum Gasteiger partial charge on any atom is 0.360 e. The average molecular weight is 308 g/mol. The number of anilines is 1. The first-order valence-electron chi connectivity index (χ1n) is 6.80. The van der Waals surface area contributed by atoms with E-state index < -0.39 is 5.97 Å². The number of aromatic nitrogens is 2. The van der Waals surface area contributed by atoms with Crippen LogP contribution in [0.1, 0.15) is 35.7 Å². The molecule has 6 heteroatoms. The molecule has 0 spiro atoms.